The molecule has 0 fully saturated rings. The van der Waals surface area contributed by atoms with Gasteiger partial charge in [0, 0.05) is 29.6 Å². The number of allylic oxidation sites excluding steroid dienone is 1. The maximum absolute atomic E-state index is 6.40. The molecule has 2 nitrogen and oxygen atoms in total. The highest BCUT2D eigenvalue weighted by molar-refractivity contribution is 6.02. The second-order valence-corrected chi connectivity index (χ2v) is 8.72. The Balaban J connectivity index is 2.00. The number of aryl methyl sites for hydroxylation is 1. The first-order chi connectivity index (χ1) is 14.9. The van der Waals surface area contributed by atoms with E-state index in [1.165, 1.54) is 33.4 Å². The summed E-state index contributed by atoms with van der Waals surface area (Å²) >= 11 is 0. The Labute approximate surface area is 185 Å². The summed E-state index contributed by atoms with van der Waals surface area (Å²) in [6.45, 7) is 13.0. The lowest BCUT2D eigenvalue weighted by Gasteiger charge is -2.18. The molecule has 0 spiro atoms. The topological polar surface area (TPSA) is 25.5 Å². The van der Waals surface area contributed by atoms with E-state index in [2.05, 4.69) is 87.8 Å². The largest absolute Gasteiger partial charge is 0.456 e. The highest BCUT2D eigenvalue weighted by Crippen LogP contribution is 2.41. The lowest BCUT2D eigenvalue weighted by atomic mass is 9.89. The van der Waals surface area contributed by atoms with Crippen LogP contribution in [-0.4, -0.2) is 7.05 Å². The van der Waals surface area contributed by atoms with Crippen molar-refractivity contribution >= 4 is 11.0 Å². The number of nitrogens with zero attached hydrogens (tertiary/aromatic N) is 1. The molecule has 2 aromatic rings. The molecule has 1 heterocycles. The van der Waals surface area contributed by atoms with E-state index >= 15 is 0 Å². The molecular formula is C29H31NO. The van der Waals surface area contributed by atoms with Gasteiger partial charge in [0.15, 0.2) is 0 Å². The van der Waals surface area contributed by atoms with Crippen LogP contribution >= 0.6 is 0 Å². The van der Waals surface area contributed by atoms with Crippen LogP contribution in [0.1, 0.15) is 49.8 Å². The minimum absolute atomic E-state index is 0.448. The summed E-state index contributed by atoms with van der Waals surface area (Å²) in [6, 6.07) is 19.7. The molecule has 0 unspecified atom stereocenters. The molecule has 2 aliphatic rings. The van der Waals surface area contributed by atoms with Crippen LogP contribution in [0.3, 0.4) is 0 Å². The lowest BCUT2D eigenvalue weighted by molar-refractivity contribution is 0.617. The molecule has 0 aromatic heterocycles. The molecule has 0 atom stereocenters. The lowest BCUT2D eigenvalue weighted by Crippen LogP contribution is -2.03. The number of hydrogen-bond donors (Lipinski definition) is 0. The van der Waals surface area contributed by atoms with E-state index in [4.69, 9.17) is 4.42 Å². The van der Waals surface area contributed by atoms with E-state index in [1.54, 1.807) is 0 Å². The van der Waals surface area contributed by atoms with Gasteiger partial charge in [0.1, 0.15) is 11.3 Å². The Morgan fingerprint density at radius 3 is 2.45 bits per heavy atom. The van der Waals surface area contributed by atoms with Crippen LogP contribution < -0.4 is 5.36 Å². The molecule has 0 saturated heterocycles. The molecule has 158 valence electrons. The molecular weight excluding hydrogens is 378 g/mol. The minimum atomic E-state index is 0.448. The molecule has 31 heavy (non-hydrogen) atoms. The average molecular weight is 410 g/mol. The van der Waals surface area contributed by atoms with Crippen molar-refractivity contribution in [2.24, 2.45) is 4.99 Å². The summed E-state index contributed by atoms with van der Waals surface area (Å²) in [5, 5.41) is 2.07. The molecule has 0 saturated carbocycles. The number of benzene rings is 3. The van der Waals surface area contributed by atoms with Crippen LogP contribution in [0, 0.1) is 6.92 Å². The van der Waals surface area contributed by atoms with Gasteiger partial charge in [-0.1, -0.05) is 63.3 Å². The Kier molecular flexibility index (Phi) is 5.82. The number of fused-ring (bicyclic) bond motifs is 2. The van der Waals surface area contributed by atoms with Gasteiger partial charge < -0.3 is 4.42 Å². The predicted molar refractivity (Wildman–Crippen MR) is 132 cm³/mol. The Hall–Kier alpha value is -3.13. The monoisotopic (exact) mass is 409 g/mol. The normalized spacial score (nSPS) is 12.3. The molecule has 2 heteroatoms. The molecule has 1 aliphatic carbocycles. The van der Waals surface area contributed by atoms with Crippen LogP contribution in [0.2, 0.25) is 0 Å². The van der Waals surface area contributed by atoms with Crippen molar-refractivity contribution in [2.45, 2.75) is 46.5 Å². The van der Waals surface area contributed by atoms with Crippen LogP contribution in [0.25, 0.3) is 33.4 Å². The van der Waals surface area contributed by atoms with Crippen molar-refractivity contribution in [1.82, 2.24) is 0 Å². The summed E-state index contributed by atoms with van der Waals surface area (Å²) in [6.07, 6.45) is 1.95. The van der Waals surface area contributed by atoms with E-state index in [0.29, 0.717) is 5.92 Å². The van der Waals surface area contributed by atoms with Gasteiger partial charge in [0.25, 0.3) is 0 Å². The highest BCUT2D eigenvalue weighted by atomic mass is 16.3. The van der Waals surface area contributed by atoms with E-state index in [0.717, 1.165) is 40.5 Å². The summed E-state index contributed by atoms with van der Waals surface area (Å²) in [7, 11) is 1.81. The summed E-state index contributed by atoms with van der Waals surface area (Å²) < 4.78 is 6.40. The van der Waals surface area contributed by atoms with Crippen molar-refractivity contribution < 1.29 is 4.42 Å². The molecule has 0 bridgehead atoms. The Morgan fingerprint density at radius 2 is 1.77 bits per heavy atom. The van der Waals surface area contributed by atoms with Crippen molar-refractivity contribution in [2.75, 3.05) is 7.05 Å². The summed E-state index contributed by atoms with van der Waals surface area (Å²) in [5.74, 6) is 1.32. The van der Waals surface area contributed by atoms with Crippen LogP contribution in [-0.2, 0) is 6.42 Å². The quantitative estimate of drug-likeness (QED) is 0.245. The van der Waals surface area contributed by atoms with Gasteiger partial charge in [-0.2, -0.15) is 0 Å². The zero-order chi connectivity index (χ0) is 22.1. The van der Waals surface area contributed by atoms with Gasteiger partial charge >= 0.3 is 0 Å². The Morgan fingerprint density at radius 1 is 1.00 bits per heavy atom. The van der Waals surface area contributed by atoms with Crippen molar-refractivity contribution in [3.05, 3.63) is 88.8 Å². The van der Waals surface area contributed by atoms with E-state index < -0.39 is 0 Å². The maximum Gasteiger partial charge on any atom is 0.137 e. The first kappa shape index (κ1) is 21.1. The van der Waals surface area contributed by atoms with Crippen LogP contribution in [0.4, 0.5) is 0 Å². The van der Waals surface area contributed by atoms with E-state index in [1.807, 2.05) is 13.1 Å². The standard InChI is InChI=1S/C29H31NO/c1-7-19(4)14-21-8-11-24(20(5)15-21)29-25-12-9-22(18(2)3)16-27(25)31-28-17-23(30-6)10-13-26(28)29/h8-13,15-18H,4,7,14H2,1-3,5-6H3/b30-23-. The SMILES string of the molecule is C=C(CC)Cc1ccc(-c2c3cc/c(=N/C)cc-3oc3cc(C(C)C)ccc23)c(C)c1. The summed E-state index contributed by atoms with van der Waals surface area (Å²) in [5.41, 5.74) is 9.64. The molecule has 1 aliphatic heterocycles. The first-order valence-electron chi connectivity index (χ1n) is 11.1. The number of hydrogen-bond acceptors (Lipinski definition) is 2. The summed E-state index contributed by atoms with van der Waals surface area (Å²) in [4.78, 5) is 4.35. The fourth-order valence-electron chi connectivity index (χ4n) is 4.21. The van der Waals surface area contributed by atoms with Gasteiger partial charge in [0.2, 0.25) is 0 Å². The minimum Gasteiger partial charge on any atom is -0.456 e. The van der Waals surface area contributed by atoms with Crippen molar-refractivity contribution in [1.29, 1.82) is 0 Å². The fraction of sp³-hybridized carbons (Fsp3) is 0.276. The van der Waals surface area contributed by atoms with Gasteiger partial charge in [-0.3, -0.25) is 4.99 Å². The molecule has 2 aromatic carbocycles. The van der Waals surface area contributed by atoms with Crippen LogP contribution in [0.5, 0.6) is 0 Å². The first-order valence-corrected chi connectivity index (χ1v) is 11.1. The number of rotatable bonds is 5. The van der Waals surface area contributed by atoms with Crippen LogP contribution in [0.15, 0.2) is 76.2 Å². The second-order valence-electron chi connectivity index (χ2n) is 8.72. The van der Waals surface area contributed by atoms with Crippen molar-refractivity contribution in [3.63, 3.8) is 0 Å². The van der Waals surface area contributed by atoms with Gasteiger partial charge in [-0.15, -0.1) is 0 Å². The third-order valence-corrected chi connectivity index (χ3v) is 6.17. The predicted octanol–water partition coefficient (Wildman–Crippen LogP) is 7.68. The fourth-order valence-corrected chi connectivity index (χ4v) is 4.21. The van der Waals surface area contributed by atoms with Gasteiger partial charge in [-0.05, 0) is 66.1 Å². The molecule has 4 rings (SSSR count). The third-order valence-electron chi connectivity index (χ3n) is 6.17. The van der Waals surface area contributed by atoms with Gasteiger partial charge in [0.05, 0.1) is 5.36 Å². The van der Waals surface area contributed by atoms with Gasteiger partial charge in [-0.25, -0.2) is 0 Å². The maximum atomic E-state index is 6.40. The molecule has 0 radical (unpaired) electrons. The van der Waals surface area contributed by atoms with E-state index in [-0.39, 0.29) is 0 Å². The molecule has 0 amide bonds. The smallest absolute Gasteiger partial charge is 0.137 e. The molecule has 0 N–H and O–H groups in total. The third kappa shape index (κ3) is 4.07. The zero-order valence-electron chi connectivity index (χ0n) is 19.3. The zero-order valence-corrected chi connectivity index (χ0v) is 19.3. The Bertz CT molecular complexity index is 1310. The average Bonchev–Trinajstić information content (AvgIpc) is 2.77. The second kappa shape index (κ2) is 8.55. The highest BCUT2D eigenvalue weighted by Gasteiger charge is 2.19. The van der Waals surface area contributed by atoms with E-state index in [9.17, 15) is 0 Å². The van der Waals surface area contributed by atoms with Crippen molar-refractivity contribution in [3.8, 4) is 22.5 Å².